The monoisotopic (exact) mass is 433 g/mol. The van der Waals surface area contributed by atoms with Crippen molar-refractivity contribution in [3.8, 4) is 0 Å². The molecule has 29 heavy (non-hydrogen) atoms. The lowest BCUT2D eigenvalue weighted by molar-refractivity contribution is 0.102. The average molecular weight is 433 g/mol. The number of hydrogen-bond donors (Lipinski definition) is 3. The van der Waals surface area contributed by atoms with E-state index in [9.17, 15) is 30.9 Å². The first kappa shape index (κ1) is 24.6. The number of aliphatic hydroxyl groups excluding tert-OH is 1. The minimum Gasteiger partial charge on any atom is -0.394 e. The number of carbonyl (C=O) groups is 1. The third-order valence-electron chi connectivity index (χ3n) is 3.73. The first-order valence-electron chi connectivity index (χ1n) is 8.38. The second kappa shape index (κ2) is 9.38. The molecule has 2 aromatic rings. The fourth-order valence-electron chi connectivity index (χ4n) is 2.00. The molecule has 6 nitrogen and oxygen atoms in total. The van der Waals surface area contributed by atoms with E-state index in [0.717, 1.165) is 36.4 Å². The molecule has 1 amide bonds. The molecule has 0 aromatic heterocycles. The lowest BCUT2D eigenvalue weighted by atomic mass is 9.99. The van der Waals surface area contributed by atoms with Crippen molar-refractivity contribution in [3.05, 3.63) is 65.0 Å². The Morgan fingerprint density at radius 2 is 1.52 bits per heavy atom. The Balaban J connectivity index is 0.000000960. The van der Waals surface area contributed by atoms with Crippen LogP contribution in [0.1, 0.15) is 43.6 Å². The second-order valence-corrected chi connectivity index (χ2v) is 8.83. The van der Waals surface area contributed by atoms with E-state index < -0.39 is 43.8 Å². The van der Waals surface area contributed by atoms with Gasteiger partial charge in [0.2, 0.25) is 0 Å². The Kier molecular flexibility index (Phi) is 7.96. The SMILES string of the molecule is CC(C)(c1ccc(F)c(C(=O)Nc2ccc(F)c(F)c2)c1)S(=O)(=O)O.CC(C)O. The maximum absolute atomic E-state index is 13.9. The molecule has 0 aliphatic heterocycles. The molecule has 0 bridgehead atoms. The zero-order valence-electron chi connectivity index (χ0n) is 16.2. The van der Waals surface area contributed by atoms with Gasteiger partial charge in [0.25, 0.3) is 16.0 Å². The normalized spacial score (nSPS) is 11.7. The summed E-state index contributed by atoms with van der Waals surface area (Å²) >= 11 is 0. The van der Waals surface area contributed by atoms with E-state index in [1.165, 1.54) is 13.8 Å². The first-order valence-corrected chi connectivity index (χ1v) is 9.82. The molecule has 0 fully saturated rings. The molecule has 10 heteroatoms. The molecule has 0 unspecified atom stereocenters. The van der Waals surface area contributed by atoms with Gasteiger partial charge in [0.1, 0.15) is 10.6 Å². The zero-order chi connectivity index (χ0) is 22.6. The number of nitrogens with one attached hydrogen (secondary N) is 1. The van der Waals surface area contributed by atoms with Crippen molar-refractivity contribution in [2.45, 2.75) is 38.5 Å². The van der Waals surface area contributed by atoms with Gasteiger partial charge in [-0.05, 0) is 57.5 Å². The van der Waals surface area contributed by atoms with Crippen LogP contribution in [-0.4, -0.2) is 30.1 Å². The van der Waals surface area contributed by atoms with Crippen LogP contribution in [0.2, 0.25) is 0 Å². The van der Waals surface area contributed by atoms with Crippen LogP contribution >= 0.6 is 0 Å². The number of amides is 1. The van der Waals surface area contributed by atoms with E-state index in [0.29, 0.717) is 0 Å². The van der Waals surface area contributed by atoms with Crippen molar-refractivity contribution in [3.63, 3.8) is 0 Å². The highest BCUT2D eigenvalue weighted by Crippen LogP contribution is 2.30. The van der Waals surface area contributed by atoms with E-state index in [1.54, 1.807) is 13.8 Å². The van der Waals surface area contributed by atoms with Gasteiger partial charge in [-0.25, -0.2) is 13.2 Å². The first-order chi connectivity index (χ1) is 13.2. The molecule has 0 aliphatic rings. The molecule has 2 rings (SSSR count). The molecule has 160 valence electrons. The van der Waals surface area contributed by atoms with Crippen LogP contribution in [0.5, 0.6) is 0 Å². The van der Waals surface area contributed by atoms with Gasteiger partial charge in [0, 0.05) is 17.9 Å². The van der Waals surface area contributed by atoms with Gasteiger partial charge < -0.3 is 10.4 Å². The van der Waals surface area contributed by atoms with Crippen molar-refractivity contribution in [2.75, 3.05) is 5.32 Å². The standard InChI is InChI=1S/C16H14F3NO4S.C3H8O/c1-16(2,25(22,23)24)9-3-5-12(17)11(7-9)15(21)20-10-4-6-13(18)14(19)8-10;1-3(2)4/h3-8H,1-2H3,(H,20,21)(H,22,23,24);3-4H,1-2H3. The second-order valence-electron chi connectivity index (χ2n) is 6.86. The molecule has 0 aliphatic carbocycles. The molecule has 2 aromatic carbocycles. The topological polar surface area (TPSA) is 104 Å². The van der Waals surface area contributed by atoms with Crippen LogP contribution < -0.4 is 5.32 Å². The summed E-state index contributed by atoms with van der Waals surface area (Å²) in [4.78, 5) is 12.2. The van der Waals surface area contributed by atoms with Crippen LogP contribution in [-0.2, 0) is 14.9 Å². The quantitative estimate of drug-likeness (QED) is 0.635. The summed E-state index contributed by atoms with van der Waals surface area (Å²) in [5.41, 5.74) is -0.645. The summed E-state index contributed by atoms with van der Waals surface area (Å²) in [7, 11) is -4.53. The smallest absolute Gasteiger partial charge is 0.274 e. The fraction of sp³-hybridized carbons (Fsp3) is 0.316. The molecule has 0 radical (unpaired) electrons. The van der Waals surface area contributed by atoms with E-state index in [1.807, 2.05) is 0 Å². The number of aliphatic hydroxyl groups is 1. The third kappa shape index (κ3) is 6.55. The van der Waals surface area contributed by atoms with Crippen molar-refractivity contribution < 1.29 is 36.0 Å². The van der Waals surface area contributed by atoms with Crippen LogP contribution in [0, 0.1) is 17.5 Å². The summed E-state index contributed by atoms with van der Waals surface area (Å²) in [6.07, 6.45) is -0.167. The lowest BCUT2D eigenvalue weighted by Crippen LogP contribution is -2.29. The van der Waals surface area contributed by atoms with Gasteiger partial charge in [-0.1, -0.05) is 6.07 Å². The molecule has 0 atom stereocenters. The Morgan fingerprint density at radius 1 is 1.00 bits per heavy atom. The van der Waals surface area contributed by atoms with Crippen molar-refractivity contribution in [2.24, 2.45) is 0 Å². The molecule has 0 heterocycles. The summed E-state index contributed by atoms with van der Waals surface area (Å²) < 4.78 is 70.4. The Hall–Kier alpha value is -2.43. The van der Waals surface area contributed by atoms with Gasteiger partial charge in [0.05, 0.1) is 5.56 Å². The maximum atomic E-state index is 13.9. The van der Waals surface area contributed by atoms with Crippen molar-refractivity contribution >= 4 is 21.7 Å². The minimum atomic E-state index is -4.53. The van der Waals surface area contributed by atoms with Crippen molar-refractivity contribution in [1.82, 2.24) is 0 Å². The molecule has 0 saturated carbocycles. The summed E-state index contributed by atoms with van der Waals surface area (Å²) in [6.45, 7) is 5.82. The number of benzene rings is 2. The van der Waals surface area contributed by atoms with Gasteiger partial charge in [-0.3, -0.25) is 9.35 Å². The Morgan fingerprint density at radius 3 is 2.00 bits per heavy atom. The van der Waals surface area contributed by atoms with Gasteiger partial charge in [-0.15, -0.1) is 0 Å². The number of rotatable bonds is 4. The number of carbonyl (C=O) groups excluding carboxylic acids is 1. The van der Waals surface area contributed by atoms with E-state index in [4.69, 9.17) is 5.11 Å². The molecule has 0 spiro atoms. The highest BCUT2D eigenvalue weighted by atomic mass is 32.2. The number of hydrogen-bond acceptors (Lipinski definition) is 4. The highest BCUT2D eigenvalue weighted by molar-refractivity contribution is 7.86. The highest BCUT2D eigenvalue weighted by Gasteiger charge is 2.35. The number of anilines is 1. The van der Waals surface area contributed by atoms with E-state index >= 15 is 0 Å². The van der Waals surface area contributed by atoms with Gasteiger partial charge in [-0.2, -0.15) is 8.42 Å². The average Bonchev–Trinajstić information content (AvgIpc) is 2.56. The van der Waals surface area contributed by atoms with Gasteiger partial charge in [0.15, 0.2) is 11.6 Å². The third-order valence-corrected chi connectivity index (χ3v) is 5.25. The van der Waals surface area contributed by atoms with Crippen LogP contribution in [0.25, 0.3) is 0 Å². The van der Waals surface area contributed by atoms with Crippen LogP contribution in [0.3, 0.4) is 0 Å². The maximum Gasteiger partial charge on any atom is 0.274 e. The summed E-state index contributed by atoms with van der Waals surface area (Å²) in [6, 6.07) is 5.56. The van der Waals surface area contributed by atoms with Crippen LogP contribution in [0.15, 0.2) is 36.4 Å². The lowest BCUT2D eigenvalue weighted by Gasteiger charge is -2.22. The fourth-order valence-corrected chi connectivity index (χ4v) is 2.42. The number of halogens is 3. The van der Waals surface area contributed by atoms with E-state index in [2.05, 4.69) is 5.32 Å². The minimum absolute atomic E-state index is 0.0214. The molecule has 0 saturated heterocycles. The van der Waals surface area contributed by atoms with Gasteiger partial charge >= 0.3 is 0 Å². The summed E-state index contributed by atoms with van der Waals surface area (Å²) in [5.74, 6) is -4.24. The largest absolute Gasteiger partial charge is 0.394 e. The Labute approximate surface area is 167 Å². The van der Waals surface area contributed by atoms with E-state index in [-0.39, 0.29) is 17.4 Å². The molecule has 3 N–H and O–H groups in total. The predicted octanol–water partition coefficient (Wildman–Crippen LogP) is 3.87. The molecular formula is C19H22F3NO5S. The Bertz CT molecular complexity index is 989. The summed E-state index contributed by atoms with van der Waals surface area (Å²) in [5, 5.41) is 10.2. The zero-order valence-corrected chi connectivity index (χ0v) is 17.0. The predicted molar refractivity (Wildman–Crippen MR) is 103 cm³/mol. The van der Waals surface area contributed by atoms with Crippen LogP contribution in [0.4, 0.5) is 18.9 Å². The molecular weight excluding hydrogens is 411 g/mol. The van der Waals surface area contributed by atoms with Crippen molar-refractivity contribution in [1.29, 1.82) is 0 Å².